The van der Waals surface area contributed by atoms with Gasteiger partial charge in [0.2, 0.25) is 0 Å². The molecule has 2 unspecified atom stereocenters. The lowest BCUT2D eigenvalue weighted by Crippen LogP contribution is -2.43. The van der Waals surface area contributed by atoms with Gasteiger partial charge in [-0.05, 0) is 33.6 Å². The van der Waals surface area contributed by atoms with Gasteiger partial charge in [-0.2, -0.15) is 0 Å². The number of rotatable bonds is 7. The zero-order valence-corrected chi connectivity index (χ0v) is 11.6. The second kappa shape index (κ2) is 7.25. The smallest absolute Gasteiger partial charge is 0.0692 e. The first kappa shape index (κ1) is 15.9. The average Bonchev–Trinajstić information content (AvgIpc) is 2.12. The van der Waals surface area contributed by atoms with E-state index in [1.54, 1.807) is 0 Å². The molecule has 0 aromatic rings. The van der Waals surface area contributed by atoms with Crippen LogP contribution in [0.2, 0.25) is 0 Å². The normalized spacial score (nSPS) is 16.5. The zero-order valence-electron chi connectivity index (χ0n) is 11.6. The fourth-order valence-electron chi connectivity index (χ4n) is 1.89. The molecule has 0 aromatic heterocycles. The van der Waals surface area contributed by atoms with Crippen molar-refractivity contribution < 1.29 is 10.2 Å². The molecule has 0 bridgehead atoms. The zero-order chi connectivity index (χ0) is 12.9. The van der Waals surface area contributed by atoms with E-state index >= 15 is 0 Å². The molecule has 3 heteroatoms. The quantitative estimate of drug-likeness (QED) is 0.703. The standard InChI is InChI=1S/C13H29NO2/c1-9(2)13(16)7-12(15)8-14(10(3)4)11(5)6/h9-13,15-16H,7-8H2,1-6H3. The largest absolute Gasteiger partial charge is 0.393 e. The minimum absolute atomic E-state index is 0.209. The van der Waals surface area contributed by atoms with Gasteiger partial charge in [0.1, 0.15) is 0 Å². The van der Waals surface area contributed by atoms with Gasteiger partial charge < -0.3 is 10.2 Å². The third-order valence-electron chi connectivity index (χ3n) is 3.03. The van der Waals surface area contributed by atoms with Crippen LogP contribution >= 0.6 is 0 Å². The van der Waals surface area contributed by atoms with E-state index in [9.17, 15) is 10.2 Å². The summed E-state index contributed by atoms with van der Waals surface area (Å²) >= 11 is 0. The minimum atomic E-state index is -0.442. The monoisotopic (exact) mass is 231 g/mol. The first-order valence-electron chi connectivity index (χ1n) is 6.37. The first-order valence-corrected chi connectivity index (χ1v) is 6.37. The summed E-state index contributed by atoms with van der Waals surface area (Å²) in [5.74, 6) is 0.209. The lowest BCUT2D eigenvalue weighted by atomic mass is 10.0. The van der Waals surface area contributed by atoms with Gasteiger partial charge in [-0.1, -0.05) is 13.8 Å². The second-order valence-corrected chi connectivity index (χ2v) is 5.59. The van der Waals surface area contributed by atoms with Gasteiger partial charge in [-0.15, -0.1) is 0 Å². The van der Waals surface area contributed by atoms with Gasteiger partial charge in [0.25, 0.3) is 0 Å². The SMILES string of the molecule is CC(C)C(O)CC(O)CN(C(C)C)C(C)C. The van der Waals surface area contributed by atoms with Crippen LogP contribution in [0.5, 0.6) is 0 Å². The Hall–Kier alpha value is -0.120. The van der Waals surface area contributed by atoms with Crippen LogP contribution in [-0.2, 0) is 0 Å². The molecule has 0 fully saturated rings. The van der Waals surface area contributed by atoms with Crippen molar-refractivity contribution in [2.45, 2.75) is 72.3 Å². The van der Waals surface area contributed by atoms with E-state index in [0.29, 0.717) is 25.0 Å². The van der Waals surface area contributed by atoms with Gasteiger partial charge in [0.15, 0.2) is 0 Å². The fraction of sp³-hybridized carbons (Fsp3) is 1.00. The molecule has 0 aliphatic heterocycles. The third kappa shape index (κ3) is 5.83. The number of hydrogen-bond acceptors (Lipinski definition) is 3. The maximum absolute atomic E-state index is 9.94. The first-order chi connectivity index (χ1) is 7.25. The molecule has 0 amide bonds. The second-order valence-electron chi connectivity index (χ2n) is 5.59. The highest BCUT2D eigenvalue weighted by atomic mass is 16.3. The molecule has 2 atom stereocenters. The van der Waals surface area contributed by atoms with E-state index < -0.39 is 12.2 Å². The molecular formula is C13H29NO2. The van der Waals surface area contributed by atoms with Gasteiger partial charge in [0.05, 0.1) is 12.2 Å². The Bertz CT molecular complexity index is 173. The molecule has 98 valence electrons. The van der Waals surface area contributed by atoms with Crippen molar-refractivity contribution in [3.8, 4) is 0 Å². The minimum Gasteiger partial charge on any atom is -0.393 e. The van der Waals surface area contributed by atoms with Crippen LogP contribution in [0.15, 0.2) is 0 Å². The highest BCUT2D eigenvalue weighted by Gasteiger charge is 2.20. The van der Waals surface area contributed by atoms with Crippen molar-refractivity contribution in [1.29, 1.82) is 0 Å². The lowest BCUT2D eigenvalue weighted by molar-refractivity contribution is 0.0210. The summed E-state index contributed by atoms with van der Waals surface area (Å²) in [7, 11) is 0. The number of hydrogen-bond donors (Lipinski definition) is 2. The number of aliphatic hydroxyl groups is 2. The predicted octanol–water partition coefficient (Wildman–Crippen LogP) is 1.87. The molecule has 0 heterocycles. The molecule has 0 rings (SSSR count). The van der Waals surface area contributed by atoms with Crippen molar-refractivity contribution in [1.82, 2.24) is 4.90 Å². The van der Waals surface area contributed by atoms with Crippen molar-refractivity contribution in [3.63, 3.8) is 0 Å². The predicted molar refractivity (Wildman–Crippen MR) is 68.4 cm³/mol. The van der Waals surface area contributed by atoms with Crippen LogP contribution in [0.3, 0.4) is 0 Å². The summed E-state index contributed by atoms with van der Waals surface area (Å²) in [5, 5.41) is 19.6. The molecule has 0 saturated heterocycles. The third-order valence-corrected chi connectivity index (χ3v) is 3.03. The van der Waals surface area contributed by atoms with Crippen LogP contribution < -0.4 is 0 Å². The summed E-state index contributed by atoms with van der Waals surface area (Å²) in [4.78, 5) is 2.25. The molecule has 2 N–H and O–H groups in total. The van der Waals surface area contributed by atoms with Crippen LogP contribution in [0.1, 0.15) is 48.0 Å². The maximum Gasteiger partial charge on any atom is 0.0692 e. The van der Waals surface area contributed by atoms with E-state index in [2.05, 4.69) is 32.6 Å². The molecule has 0 saturated carbocycles. The Labute approximate surface area is 100 Å². The van der Waals surface area contributed by atoms with Crippen molar-refractivity contribution >= 4 is 0 Å². The molecule has 3 nitrogen and oxygen atoms in total. The molecule has 0 radical (unpaired) electrons. The Morgan fingerprint density at radius 1 is 0.875 bits per heavy atom. The summed E-state index contributed by atoms with van der Waals surface area (Å²) in [6, 6.07) is 0.844. The van der Waals surface area contributed by atoms with E-state index in [0.717, 1.165) is 0 Å². The van der Waals surface area contributed by atoms with Crippen LogP contribution in [0.25, 0.3) is 0 Å². The van der Waals surface area contributed by atoms with E-state index in [1.807, 2.05) is 13.8 Å². The summed E-state index contributed by atoms with van der Waals surface area (Å²) < 4.78 is 0. The van der Waals surface area contributed by atoms with Crippen molar-refractivity contribution in [3.05, 3.63) is 0 Å². The Morgan fingerprint density at radius 3 is 1.62 bits per heavy atom. The Morgan fingerprint density at radius 2 is 1.31 bits per heavy atom. The summed E-state index contributed by atoms with van der Waals surface area (Å²) in [5.41, 5.74) is 0. The van der Waals surface area contributed by atoms with E-state index in [4.69, 9.17) is 0 Å². The fourth-order valence-corrected chi connectivity index (χ4v) is 1.89. The van der Waals surface area contributed by atoms with Gasteiger partial charge >= 0.3 is 0 Å². The number of aliphatic hydroxyl groups excluding tert-OH is 2. The Balaban J connectivity index is 4.15. The highest BCUT2D eigenvalue weighted by Crippen LogP contribution is 2.12. The van der Waals surface area contributed by atoms with Crippen molar-refractivity contribution in [2.24, 2.45) is 5.92 Å². The van der Waals surface area contributed by atoms with Crippen LogP contribution in [0, 0.1) is 5.92 Å². The van der Waals surface area contributed by atoms with E-state index in [1.165, 1.54) is 0 Å². The van der Waals surface area contributed by atoms with Crippen molar-refractivity contribution in [2.75, 3.05) is 6.54 Å². The van der Waals surface area contributed by atoms with Crippen LogP contribution in [-0.4, -0.2) is 45.9 Å². The lowest BCUT2D eigenvalue weighted by Gasteiger charge is -2.33. The van der Waals surface area contributed by atoms with Gasteiger partial charge in [-0.3, -0.25) is 4.90 Å². The summed E-state index contributed by atoms with van der Waals surface area (Å²) in [6.07, 6.45) is -0.383. The van der Waals surface area contributed by atoms with Gasteiger partial charge in [0, 0.05) is 25.0 Å². The molecule has 16 heavy (non-hydrogen) atoms. The highest BCUT2D eigenvalue weighted by molar-refractivity contribution is 4.74. The van der Waals surface area contributed by atoms with E-state index in [-0.39, 0.29) is 5.92 Å². The molecule has 0 spiro atoms. The number of nitrogens with zero attached hydrogens (tertiary/aromatic N) is 1. The topological polar surface area (TPSA) is 43.7 Å². The maximum atomic E-state index is 9.94. The van der Waals surface area contributed by atoms with Crippen LogP contribution in [0.4, 0.5) is 0 Å². The summed E-state index contributed by atoms with van der Waals surface area (Å²) in [6.45, 7) is 13.1. The average molecular weight is 231 g/mol. The molecule has 0 aliphatic rings. The Kier molecular flexibility index (Phi) is 7.20. The molecule has 0 aromatic carbocycles. The molecule has 0 aliphatic carbocycles. The van der Waals surface area contributed by atoms with Gasteiger partial charge in [-0.25, -0.2) is 0 Å². The molecular weight excluding hydrogens is 202 g/mol.